The molecule has 2 N–H and O–H groups in total. The normalized spacial score (nSPS) is 10.1. The molecule has 0 aliphatic rings. The van der Waals surface area contributed by atoms with Crippen LogP contribution in [0.15, 0.2) is 42.5 Å². The van der Waals surface area contributed by atoms with Crippen LogP contribution in [0.1, 0.15) is 12.5 Å². The second-order valence-corrected chi connectivity index (χ2v) is 5.12. The fourth-order valence-electron chi connectivity index (χ4n) is 2.11. The molecule has 7 nitrogen and oxygen atoms in total. The summed E-state index contributed by atoms with van der Waals surface area (Å²) in [6, 6.07) is 11.6. The largest absolute Gasteiger partial charge is 0.494 e. The van der Waals surface area contributed by atoms with Gasteiger partial charge in [-0.15, -0.1) is 0 Å². The molecule has 7 heteroatoms. The number of amides is 1. The number of carbonyl (C=O) groups excluding carboxylic acids is 1. The van der Waals surface area contributed by atoms with Gasteiger partial charge in [-0.2, -0.15) is 0 Å². The molecule has 0 heterocycles. The zero-order valence-corrected chi connectivity index (χ0v) is 13.5. The van der Waals surface area contributed by atoms with Crippen molar-refractivity contribution >= 4 is 23.0 Å². The monoisotopic (exact) mass is 329 g/mol. The zero-order chi connectivity index (χ0) is 17.5. The van der Waals surface area contributed by atoms with Crippen LogP contribution >= 0.6 is 0 Å². The van der Waals surface area contributed by atoms with Crippen molar-refractivity contribution in [2.45, 2.75) is 13.8 Å². The lowest BCUT2D eigenvalue weighted by molar-refractivity contribution is -0.384. The molecule has 0 saturated heterocycles. The molecule has 2 aromatic carbocycles. The average Bonchev–Trinajstić information content (AvgIpc) is 2.56. The van der Waals surface area contributed by atoms with Crippen molar-refractivity contribution in [2.75, 3.05) is 23.8 Å². The van der Waals surface area contributed by atoms with Gasteiger partial charge < -0.3 is 15.4 Å². The van der Waals surface area contributed by atoms with E-state index in [0.717, 1.165) is 11.4 Å². The fraction of sp³-hybridized carbons (Fsp3) is 0.235. The van der Waals surface area contributed by atoms with Gasteiger partial charge in [0.2, 0.25) is 5.91 Å². The Morgan fingerprint density at radius 2 is 1.92 bits per heavy atom. The van der Waals surface area contributed by atoms with E-state index in [0.29, 0.717) is 17.9 Å². The number of ether oxygens (including phenoxy) is 1. The summed E-state index contributed by atoms with van der Waals surface area (Å²) in [6.07, 6.45) is 0. The van der Waals surface area contributed by atoms with Gasteiger partial charge in [0.1, 0.15) is 5.75 Å². The zero-order valence-electron chi connectivity index (χ0n) is 13.5. The third-order valence-corrected chi connectivity index (χ3v) is 3.31. The Balaban J connectivity index is 1.90. The van der Waals surface area contributed by atoms with Crippen LogP contribution in [0.3, 0.4) is 0 Å². The van der Waals surface area contributed by atoms with Crippen molar-refractivity contribution in [3.8, 4) is 5.75 Å². The van der Waals surface area contributed by atoms with Crippen LogP contribution in [0.25, 0.3) is 0 Å². The highest BCUT2D eigenvalue weighted by molar-refractivity contribution is 5.94. The Bertz CT molecular complexity index is 729. The minimum Gasteiger partial charge on any atom is -0.494 e. The van der Waals surface area contributed by atoms with E-state index >= 15 is 0 Å². The van der Waals surface area contributed by atoms with E-state index in [1.165, 1.54) is 18.2 Å². The van der Waals surface area contributed by atoms with Crippen LogP contribution in [0, 0.1) is 17.0 Å². The van der Waals surface area contributed by atoms with Crippen molar-refractivity contribution in [3.63, 3.8) is 0 Å². The summed E-state index contributed by atoms with van der Waals surface area (Å²) in [5.41, 5.74) is 1.99. The maximum Gasteiger partial charge on any atom is 0.269 e. The van der Waals surface area contributed by atoms with Gasteiger partial charge in [-0.1, -0.05) is 0 Å². The SMILES string of the molecule is CCOc1ccc(NCC(=O)Nc2ccc([N+](=O)[O-])cc2C)cc1. The number of nitrogens with one attached hydrogen (secondary N) is 2. The molecule has 0 aromatic heterocycles. The van der Waals surface area contributed by atoms with Crippen LogP contribution in [0.4, 0.5) is 17.1 Å². The fourth-order valence-corrected chi connectivity index (χ4v) is 2.11. The molecule has 2 aromatic rings. The number of benzene rings is 2. The number of hydrogen-bond acceptors (Lipinski definition) is 5. The molecular formula is C17H19N3O4. The first-order valence-electron chi connectivity index (χ1n) is 7.51. The molecule has 126 valence electrons. The van der Waals surface area contributed by atoms with E-state index in [9.17, 15) is 14.9 Å². The summed E-state index contributed by atoms with van der Waals surface area (Å²) >= 11 is 0. The van der Waals surface area contributed by atoms with Gasteiger partial charge in [0.05, 0.1) is 18.1 Å². The Labute approximate surface area is 139 Å². The second kappa shape index (κ2) is 7.96. The van der Waals surface area contributed by atoms with Crippen molar-refractivity contribution in [1.82, 2.24) is 0 Å². The molecule has 1 amide bonds. The molecule has 0 aliphatic heterocycles. The van der Waals surface area contributed by atoms with Crippen LogP contribution in [0.5, 0.6) is 5.75 Å². The highest BCUT2D eigenvalue weighted by Gasteiger charge is 2.10. The number of aryl methyl sites for hydroxylation is 1. The number of nitro groups is 1. The van der Waals surface area contributed by atoms with Crippen LogP contribution < -0.4 is 15.4 Å². The van der Waals surface area contributed by atoms with Crippen LogP contribution in [-0.4, -0.2) is 24.0 Å². The summed E-state index contributed by atoms with van der Waals surface area (Å²) in [5.74, 6) is 0.537. The Morgan fingerprint density at radius 1 is 1.21 bits per heavy atom. The highest BCUT2D eigenvalue weighted by Crippen LogP contribution is 2.21. The summed E-state index contributed by atoms with van der Waals surface area (Å²) in [4.78, 5) is 22.2. The van der Waals surface area contributed by atoms with Gasteiger partial charge in [0.25, 0.3) is 5.69 Å². The molecule has 0 spiro atoms. The standard InChI is InChI=1S/C17H19N3O4/c1-3-24-15-7-4-13(5-8-15)18-11-17(21)19-16-9-6-14(20(22)23)10-12(16)2/h4-10,18H,3,11H2,1-2H3,(H,19,21). The Kier molecular flexibility index (Phi) is 5.73. The quantitative estimate of drug-likeness (QED) is 0.600. The van der Waals surface area contributed by atoms with Gasteiger partial charge in [-0.05, 0) is 49.7 Å². The van der Waals surface area contributed by atoms with Gasteiger partial charge in [-0.3, -0.25) is 14.9 Å². The van der Waals surface area contributed by atoms with Gasteiger partial charge >= 0.3 is 0 Å². The third-order valence-electron chi connectivity index (χ3n) is 3.31. The van der Waals surface area contributed by atoms with Crippen LogP contribution in [0.2, 0.25) is 0 Å². The molecule has 2 rings (SSSR count). The van der Waals surface area contributed by atoms with E-state index in [1.807, 2.05) is 31.2 Å². The number of non-ortho nitro benzene ring substituents is 1. The third kappa shape index (κ3) is 4.70. The number of nitrogens with zero attached hydrogens (tertiary/aromatic N) is 1. The molecule has 0 aliphatic carbocycles. The molecule has 0 fully saturated rings. The van der Waals surface area contributed by atoms with E-state index in [2.05, 4.69) is 10.6 Å². The Morgan fingerprint density at radius 3 is 2.50 bits per heavy atom. The van der Waals surface area contributed by atoms with E-state index in [1.54, 1.807) is 6.92 Å². The Hall–Kier alpha value is -3.09. The predicted octanol–water partition coefficient (Wildman–Crippen LogP) is 3.35. The van der Waals surface area contributed by atoms with Gasteiger partial charge in [0, 0.05) is 23.5 Å². The molecule has 0 unspecified atom stereocenters. The minimum absolute atomic E-state index is 0.00184. The number of rotatable bonds is 7. The van der Waals surface area contributed by atoms with Crippen LogP contribution in [-0.2, 0) is 4.79 Å². The lowest BCUT2D eigenvalue weighted by atomic mass is 10.2. The first-order chi connectivity index (χ1) is 11.5. The second-order valence-electron chi connectivity index (χ2n) is 5.12. The molecule has 0 saturated carbocycles. The molecule has 0 bridgehead atoms. The summed E-state index contributed by atoms with van der Waals surface area (Å²) < 4.78 is 5.35. The minimum atomic E-state index is -0.466. The maximum atomic E-state index is 12.0. The molecular weight excluding hydrogens is 310 g/mol. The lowest BCUT2D eigenvalue weighted by Gasteiger charge is -2.10. The van der Waals surface area contributed by atoms with Crippen molar-refractivity contribution in [1.29, 1.82) is 0 Å². The molecule has 0 radical (unpaired) electrons. The smallest absolute Gasteiger partial charge is 0.269 e. The number of carbonyl (C=O) groups is 1. The summed E-state index contributed by atoms with van der Waals surface area (Å²) in [6.45, 7) is 4.31. The number of anilines is 2. The van der Waals surface area contributed by atoms with Crippen molar-refractivity contribution in [2.24, 2.45) is 0 Å². The van der Waals surface area contributed by atoms with E-state index in [-0.39, 0.29) is 18.1 Å². The topological polar surface area (TPSA) is 93.5 Å². The van der Waals surface area contributed by atoms with Gasteiger partial charge in [0.15, 0.2) is 0 Å². The number of hydrogen-bond donors (Lipinski definition) is 2. The van der Waals surface area contributed by atoms with E-state index < -0.39 is 4.92 Å². The predicted molar refractivity (Wildman–Crippen MR) is 92.6 cm³/mol. The first-order valence-corrected chi connectivity index (χ1v) is 7.51. The highest BCUT2D eigenvalue weighted by atomic mass is 16.6. The van der Waals surface area contributed by atoms with Gasteiger partial charge in [-0.25, -0.2) is 0 Å². The first kappa shape index (κ1) is 17.3. The van der Waals surface area contributed by atoms with E-state index in [4.69, 9.17) is 4.74 Å². The average molecular weight is 329 g/mol. The summed E-state index contributed by atoms with van der Waals surface area (Å²) in [7, 11) is 0. The summed E-state index contributed by atoms with van der Waals surface area (Å²) in [5, 5.41) is 16.4. The van der Waals surface area contributed by atoms with Crippen molar-refractivity contribution in [3.05, 3.63) is 58.1 Å². The number of nitro benzene ring substituents is 1. The van der Waals surface area contributed by atoms with Crippen molar-refractivity contribution < 1.29 is 14.5 Å². The molecule has 0 atom stereocenters. The molecule has 24 heavy (non-hydrogen) atoms. The maximum absolute atomic E-state index is 12.0. The lowest BCUT2D eigenvalue weighted by Crippen LogP contribution is -2.22.